The summed E-state index contributed by atoms with van der Waals surface area (Å²) in [6, 6.07) is 21.1. The Morgan fingerprint density at radius 2 is 1.53 bits per heavy atom. The molecule has 0 saturated carbocycles. The average molecular weight is 634 g/mol. The van der Waals surface area contributed by atoms with Crippen molar-refractivity contribution in [2.75, 3.05) is 17.7 Å². The molecule has 14 heteroatoms. The Morgan fingerprint density at radius 3 is 2.18 bits per heavy atom. The molecule has 0 radical (unpaired) electrons. The van der Waals surface area contributed by atoms with E-state index in [1.807, 2.05) is 12.1 Å². The fourth-order valence-corrected chi connectivity index (χ4v) is 4.45. The van der Waals surface area contributed by atoms with Gasteiger partial charge < -0.3 is 29.2 Å². The number of fused-ring (bicyclic) bond motifs is 2. The molecule has 2 aromatic heterocycles. The summed E-state index contributed by atoms with van der Waals surface area (Å²) in [5.74, 6) is 1.17. The van der Waals surface area contributed by atoms with Gasteiger partial charge in [0.05, 0.1) is 22.8 Å². The number of methoxy groups -OCH3 is 1. The molecule has 0 bridgehead atoms. The van der Waals surface area contributed by atoms with Gasteiger partial charge in [-0.3, -0.25) is 14.9 Å². The number of nitrogens with one attached hydrogen (secondary N) is 2. The molecule has 0 aliphatic heterocycles. The number of aromatic nitrogens is 2. The maximum atomic E-state index is 13.0. The van der Waals surface area contributed by atoms with Crippen molar-refractivity contribution in [2.45, 2.75) is 20.0 Å². The van der Waals surface area contributed by atoms with Crippen LogP contribution in [0.3, 0.4) is 0 Å². The first-order valence-electron chi connectivity index (χ1n) is 13.4. The van der Waals surface area contributed by atoms with Gasteiger partial charge in [0.25, 0.3) is 5.69 Å². The molecule has 0 aliphatic rings. The molecule has 4 aromatic carbocycles. The molecule has 0 fully saturated rings. The molecule has 0 saturated heterocycles. The summed E-state index contributed by atoms with van der Waals surface area (Å²) in [6.07, 6.45) is 0. The van der Waals surface area contributed by atoms with Crippen molar-refractivity contribution in [1.29, 1.82) is 0 Å². The van der Waals surface area contributed by atoms with E-state index in [1.165, 1.54) is 38.3 Å². The summed E-state index contributed by atoms with van der Waals surface area (Å²) in [7, 11) is 1.52. The lowest BCUT2D eigenvalue weighted by molar-refractivity contribution is -0.384. The number of nitrogens with zero attached hydrogens (tertiary/aromatic N) is 3. The zero-order valence-corrected chi connectivity index (χ0v) is 24.6. The van der Waals surface area contributed by atoms with Crippen LogP contribution in [0, 0.1) is 15.9 Å². The van der Waals surface area contributed by atoms with Crippen molar-refractivity contribution < 1.29 is 32.6 Å². The Hall–Kier alpha value is -5.69. The number of carbonyl (C=O) groups excluding carboxylic acids is 1. The lowest BCUT2D eigenvalue weighted by atomic mass is 10.2. The largest absolute Gasteiger partial charge is 0.493 e. The van der Waals surface area contributed by atoms with Crippen LogP contribution in [0.1, 0.15) is 18.1 Å². The summed E-state index contributed by atoms with van der Waals surface area (Å²) in [4.78, 5) is 21.3. The topological polar surface area (TPSA) is 155 Å². The molecule has 0 unspecified atom stereocenters. The van der Waals surface area contributed by atoms with E-state index in [0.29, 0.717) is 57.8 Å². The van der Waals surface area contributed by atoms with E-state index in [1.54, 1.807) is 42.5 Å². The van der Waals surface area contributed by atoms with E-state index >= 15 is 0 Å². The Kier molecular flexibility index (Phi) is 9.39. The normalized spacial score (nSPS) is 10.7. The number of nitro benzene ring substituents is 1. The number of anilines is 2. The number of carbonyl (C=O) groups is 1. The highest BCUT2D eigenvalue weighted by molar-refractivity contribution is 6.31. The second-order valence-electron chi connectivity index (χ2n) is 9.56. The second kappa shape index (κ2) is 13.7. The van der Waals surface area contributed by atoms with Crippen LogP contribution >= 0.6 is 11.6 Å². The number of rotatable bonds is 9. The smallest absolute Gasteiger partial charge is 0.308 e. The van der Waals surface area contributed by atoms with Crippen LogP contribution < -0.4 is 20.1 Å². The first kappa shape index (κ1) is 30.8. The van der Waals surface area contributed by atoms with Crippen LogP contribution in [0.15, 0.2) is 87.9 Å². The second-order valence-corrected chi connectivity index (χ2v) is 9.99. The zero-order valence-electron chi connectivity index (χ0n) is 23.9. The summed E-state index contributed by atoms with van der Waals surface area (Å²) in [5.41, 5.74) is 2.67. The predicted molar refractivity (Wildman–Crippen MR) is 165 cm³/mol. The van der Waals surface area contributed by atoms with E-state index in [9.17, 15) is 19.3 Å². The molecule has 0 aliphatic carbocycles. The van der Waals surface area contributed by atoms with Crippen molar-refractivity contribution in [1.82, 2.24) is 10.3 Å². The van der Waals surface area contributed by atoms with Gasteiger partial charge in [0, 0.05) is 49.3 Å². The van der Waals surface area contributed by atoms with Gasteiger partial charge in [0.1, 0.15) is 5.82 Å². The molecule has 6 aromatic rings. The molecule has 2 N–H and O–H groups in total. The molecule has 45 heavy (non-hydrogen) atoms. The first-order valence-corrected chi connectivity index (χ1v) is 13.7. The number of benzene rings is 4. The SMILES string of the molecule is COc1cc(CNc2noc3cc(Cl)ccc23)ccc1OC(C)=O.O=[N+]([O-])c1cccc(CNc2noc3cc(F)ccc23)c1. The molecule has 12 nitrogen and oxygen atoms in total. The number of nitro groups is 1. The molecule has 0 atom stereocenters. The van der Waals surface area contributed by atoms with E-state index in [4.69, 9.17) is 30.1 Å². The van der Waals surface area contributed by atoms with Crippen LogP contribution in [0.2, 0.25) is 5.02 Å². The number of hydrogen-bond donors (Lipinski definition) is 2. The third-order valence-electron chi connectivity index (χ3n) is 6.39. The van der Waals surface area contributed by atoms with Crippen molar-refractivity contribution in [3.05, 3.63) is 111 Å². The third kappa shape index (κ3) is 7.64. The third-order valence-corrected chi connectivity index (χ3v) is 6.63. The monoisotopic (exact) mass is 633 g/mol. The maximum absolute atomic E-state index is 13.0. The average Bonchev–Trinajstić information content (AvgIpc) is 3.62. The minimum atomic E-state index is -0.447. The molecule has 2 heterocycles. The number of halogens is 2. The Labute approximate surface area is 259 Å². The maximum Gasteiger partial charge on any atom is 0.308 e. The Balaban J connectivity index is 0.000000179. The van der Waals surface area contributed by atoms with Gasteiger partial charge >= 0.3 is 5.97 Å². The van der Waals surface area contributed by atoms with E-state index in [-0.39, 0.29) is 5.69 Å². The van der Waals surface area contributed by atoms with Crippen LogP contribution in [0.5, 0.6) is 11.5 Å². The van der Waals surface area contributed by atoms with Gasteiger partial charge in [0.15, 0.2) is 34.3 Å². The van der Waals surface area contributed by atoms with E-state index < -0.39 is 16.7 Å². The fraction of sp³-hybridized carbons (Fsp3) is 0.129. The predicted octanol–water partition coefficient (Wildman–Crippen LogP) is 7.51. The van der Waals surface area contributed by atoms with Crippen LogP contribution in [0.25, 0.3) is 21.9 Å². The van der Waals surface area contributed by atoms with Crippen LogP contribution in [0.4, 0.5) is 21.7 Å². The highest BCUT2D eigenvalue weighted by Gasteiger charge is 2.12. The van der Waals surface area contributed by atoms with Crippen LogP contribution in [-0.4, -0.2) is 28.3 Å². The van der Waals surface area contributed by atoms with Gasteiger partial charge in [-0.05, 0) is 47.5 Å². The lowest BCUT2D eigenvalue weighted by Crippen LogP contribution is -2.04. The minimum Gasteiger partial charge on any atom is -0.493 e. The number of non-ortho nitro benzene ring substituents is 1. The molecular weight excluding hydrogens is 609 g/mol. The Morgan fingerprint density at radius 1 is 0.889 bits per heavy atom. The van der Waals surface area contributed by atoms with Crippen molar-refractivity contribution in [3.8, 4) is 11.5 Å². The van der Waals surface area contributed by atoms with Gasteiger partial charge in [0.2, 0.25) is 0 Å². The van der Waals surface area contributed by atoms with Crippen molar-refractivity contribution in [3.63, 3.8) is 0 Å². The van der Waals surface area contributed by atoms with Gasteiger partial charge in [-0.15, -0.1) is 0 Å². The summed E-state index contributed by atoms with van der Waals surface area (Å²) in [6.45, 7) is 2.19. The highest BCUT2D eigenvalue weighted by atomic mass is 35.5. The quantitative estimate of drug-likeness (QED) is 0.0703. The molecule has 0 spiro atoms. The summed E-state index contributed by atoms with van der Waals surface area (Å²) in [5, 5.41) is 26.9. The van der Waals surface area contributed by atoms with E-state index in [2.05, 4.69) is 20.9 Å². The summed E-state index contributed by atoms with van der Waals surface area (Å²) < 4.78 is 33.7. The molecule has 0 amide bonds. The van der Waals surface area contributed by atoms with Crippen LogP contribution in [-0.2, 0) is 17.9 Å². The fourth-order valence-electron chi connectivity index (χ4n) is 4.29. The molecule has 6 rings (SSSR count). The Bertz CT molecular complexity index is 1990. The van der Waals surface area contributed by atoms with Gasteiger partial charge in [-0.25, -0.2) is 4.39 Å². The zero-order chi connectivity index (χ0) is 31.9. The van der Waals surface area contributed by atoms with Gasteiger partial charge in [-0.1, -0.05) is 40.1 Å². The van der Waals surface area contributed by atoms with E-state index in [0.717, 1.165) is 16.5 Å². The van der Waals surface area contributed by atoms with Crippen molar-refractivity contribution >= 4 is 56.8 Å². The molecular formula is C31H25ClFN5O7. The number of ether oxygens (including phenoxy) is 2. The number of hydrogen-bond acceptors (Lipinski definition) is 11. The van der Waals surface area contributed by atoms with Crippen molar-refractivity contribution in [2.24, 2.45) is 0 Å². The van der Waals surface area contributed by atoms with Gasteiger partial charge in [-0.2, -0.15) is 0 Å². The first-order chi connectivity index (χ1) is 21.7. The standard InChI is InChI=1S/C17H15ClN2O4.C14H10FN3O3/c1-10(21)23-14-6-3-11(7-16(14)22-2)9-19-17-13-5-4-12(18)8-15(13)24-20-17;15-10-4-5-12-13(7-10)21-17-14(12)16-8-9-2-1-3-11(6-9)18(19)20/h3-8H,9H2,1-2H3,(H,19,20);1-7H,8H2,(H,16,17). The molecule has 230 valence electrons. The highest BCUT2D eigenvalue weighted by Crippen LogP contribution is 2.30. The summed E-state index contributed by atoms with van der Waals surface area (Å²) >= 11 is 5.93. The number of esters is 1. The minimum absolute atomic E-state index is 0.0291. The lowest BCUT2D eigenvalue weighted by Gasteiger charge is -2.10.